The third kappa shape index (κ3) is 1.24. The Bertz CT molecular complexity index is 301. The van der Waals surface area contributed by atoms with Crippen molar-refractivity contribution >= 4 is 12.2 Å². The average molecular weight is 154 g/mol. The minimum absolute atomic E-state index is 0.703. The van der Waals surface area contributed by atoms with Crippen LogP contribution < -0.4 is 0 Å². The number of aryl methyl sites for hydroxylation is 2. The summed E-state index contributed by atoms with van der Waals surface area (Å²) in [6, 6.07) is 0. The van der Waals surface area contributed by atoms with Crippen LogP contribution in [0.5, 0.6) is 0 Å². The van der Waals surface area contributed by atoms with E-state index in [0.717, 1.165) is 17.1 Å². The zero-order valence-electron chi connectivity index (χ0n) is 6.36. The number of nitrogens with zero attached hydrogens (tertiary/aromatic N) is 1. The first kappa shape index (κ1) is 7.41. The summed E-state index contributed by atoms with van der Waals surface area (Å²) in [5.74, 6) is 0.883. The summed E-state index contributed by atoms with van der Waals surface area (Å²) in [6.45, 7) is 5.88. The third-order valence-corrected chi connectivity index (χ3v) is 1.92. The molecule has 54 valence electrons. The van der Waals surface area contributed by atoms with E-state index in [1.165, 1.54) is 0 Å². The van der Waals surface area contributed by atoms with Gasteiger partial charge in [0.2, 0.25) is 0 Å². The number of rotatable bonds is 0. The molecule has 1 aromatic rings. The van der Waals surface area contributed by atoms with Crippen LogP contribution in [0.15, 0.2) is 0 Å². The molecule has 3 heteroatoms. The summed E-state index contributed by atoms with van der Waals surface area (Å²) in [4.78, 5) is 7.19. The van der Waals surface area contributed by atoms with Crippen LogP contribution in [0, 0.1) is 25.4 Å². The standard InChI is InChI=1S/C7H10N2S/c1-4-5(2)8-6(3)9-7(4)10/h1-3H3,(H,8,9,10). The van der Waals surface area contributed by atoms with Gasteiger partial charge in [-0.05, 0) is 20.8 Å². The molecule has 0 unspecified atom stereocenters. The van der Waals surface area contributed by atoms with Crippen LogP contribution >= 0.6 is 12.2 Å². The van der Waals surface area contributed by atoms with E-state index in [1.807, 2.05) is 20.8 Å². The van der Waals surface area contributed by atoms with E-state index in [1.54, 1.807) is 0 Å². The van der Waals surface area contributed by atoms with Gasteiger partial charge in [0.1, 0.15) is 10.5 Å². The van der Waals surface area contributed by atoms with Gasteiger partial charge in [0.05, 0.1) is 0 Å². The molecule has 0 aromatic carbocycles. The number of H-pyrrole nitrogens is 1. The summed E-state index contributed by atoms with van der Waals surface area (Å²) < 4.78 is 0.703. The van der Waals surface area contributed by atoms with Crippen molar-refractivity contribution in [2.45, 2.75) is 20.8 Å². The van der Waals surface area contributed by atoms with Crippen LogP contribution in [0.25, 0.3) is 0 Å². The first-order chi connectivity index (χ1) is 4.61. The third-order valence-electron chi connectivity index (χ3n) is 1.52. The average Bonchev–Trinajstić information content (AvgIpc) is 1.82. The molecule has 0 amide bonds. The molecule has 0 aliphatic rings. The summed E-state index contributed by atoms with van der Waals surface area (Å²) in [5, 5.41) is 0. The Labute approximate surface area is 65.3 Å². The van der Waals surface area contributed by atoms with Gasteiger partial charge in [-0.25, -0.2) is 4.98 Å². The molecule has 1 heterocycles. The molecule has 0 radical (unpaired) electrons. The quantitative estimate of drug-likeness (QED) is 0.579. The molecule has 0 aliphatic carbocycles. The zero-order chi connectivity index (χ0) is 7.72. The molecule has 1 aromatic heterocycles. The highest BCUT2D eigenvalue weighted by Crippen LogP contribution is 2.03. The van der Waals surface area contributed by atoms with Gasteiger partial charge in [0.25, 0.3) is 0 Å². The molecule has 0 fully saturated rings. The van der Waals surface area contributed by atoms with Gasteiger partial charge in [-0.1, -0.05) is 12.2 Å². The Hall–Kier alpha value is -0.700. The maximum absolute atomic E-state index is 5.00. The highest BCUT2D eigenvalue weighted by molar-refractivity contribution is 7.71. The Balaban J connectivity index is 3.46. The molecule has 0 saturated carbocycles. The van der Waals surface area contributed by atoms with Gasteiger partial charge in [-0.3, -0.25) is 0 Å². The van der Waals surface area contributed by atoms with Crippen LogP contribution in [0.2, 0.25) is 0 Å². The highest BCUT2D eigenvalue weighted by Gasteiger charge is 1.95. The van der Waals surface area contributed by atoms with Crippen LogP contribution in [0.3, 0.4) is 0 Å². The lowest BCUT2D eigenvalue weighted by atomic mass is 10.3. The second kappa shape index (κ2) is 2.50. The van der Waals surface area contributed by atoms with E-state index in [9.17, 15) is 0 Å². The van der Waals surface area contributed by atoms with E-state index in [0.29, 0.717) is 4.64 Å². The lowest BCUT2D eigenvalue weighted by Gasteiger charge is -2.00. The van der Waals surface area contributed by atoms with Gasteiger partial charge in [-0.2, -0.15) is 0 Å². The van der Waals surface area contributed by atoms with Gasteiger partial charge < -0.3 is 4.98 Å². The monoisotopic (exact) mass is 154 g/mol. The van der Waals surface area contributed by atoms with Crippen molar-refractivity contribution in [3.63, 3.8) is 0 Å². The van der Waals surface area contributed by atoms with Crippen molar-refractivity contribution in [3.05, 3.63) is 21.7 Å². The van der Waals surface area contributed by atoms with E-state index >= 15 is 0 Å². The highest BCUT2D eigenvalue weighted by atomic mass is 32.1. The first-order valence-corrected chi connectivity index (χ1v) is 3.56. The summed E-state index contributed by atoms with van der Waals surface area (Å²) in [7, 11) is 0. The fourth-order valence-electron chi connectivity index (χ4n) is 0.790. The number of hydrogen-bond acceptors (Lipinski definition) is 2. The van der Waals surface area contributed by atoms with Gasteiger partial charge >= 0.3 is 0 Å². The number of hydrogen-bond donors (Lipinski definition) is 1. The first-order valence-electron chi connectivity index (χ1n) is 3.15. The maximum atomic E-state index is 5.00. The molecule has 10 heavy (non-hydrogen) atoms. The van der Waals surface area contributed by atoms with Crippen molar-refractivity contribution in [2.24, 2.45) is 0 Å². The molecule has 0 aliphatic heterocycles. The molecular formula is C7H10N2S. The number of aromatic amines is 1. The van der Waals surface area contributed by atoms with Crippen LogP contribution in [-0.2, 0) is 0 Å². The minimum Gasteiger partial charge on any atom is -0.347 e. The Morgan fingerprint density at radius 2 is 1.90 bits per heavy atom. The lowest BCUT2D eigenvalue weighted by Crippen LogP contribution is -1.94. The van der Waals surface area contributed by atoms with Crippen molar-refractivity contribution < 1.29 is 0 Å². The van der Waals surface area contributed by atoms with Crippen molar-refractivity contribution in [3.8, 4) is 0 Å². The fourth-order valence-corrected chi connectivity index (χ4v) is 1.08. The second-order valence-corrected chi connectivity index (χ2v) is 2.76. The molecule has 0 atom stereocenters. The normalized spacial score (nSPS) is 9.90. The van der Waals surface area contributed by atoms with Crippen LogP contribution in [0.1, 0.15) is 17.1 Å². The predicted molar refractivity (Wildman–Crippen MR) is 43.6 cm³/mol. The smallest absolute Gasteiger partial charge is 0.132 e. The van der Waals surface area contributed by atoms with Gasteiger partial charge in [-0.15, -0.1) is 0 Å². The van der Waals surface area contributed by atoms with E-state index in [-0.39, 0.29) is 0 Å². The SMILES string of the molecule is Cc1nc(=S)c(C)c(C)[nH]1. The molecule has 1 N–H and O–H groups in total. The summed E-state index contributed by atoms with van der Waals surface area (Å²) >= 11 is 5.00. The molecule has 0 bridgehead atoms. The fraction of sp³-hybridized carbons (Fsp3) is 0.429. The topological polar surface area (TPSA) is 28.7 Å². The van der Waals surface area contributed by atoms with Crippen molar-refractivity contribution in [1.82, 2.24) is 9.97 Å². The largest absolute Gasteiger partial charge is 0.347 e. The second-order valence-electron chi connectivity index (χ2n) is 2.38. The van der Waals surface area contributed by atoms with E-state index in [2.05, 4.69) is 9.97 Å². The summed E-state index contributed by atoms with van der Waals surface area (Å²) in [6.07, 6.45) is 0. The maximum Gasteiger partial charge on any atom is 0.132 e. The zero-order valence-corrected chi connectivity index (χ0v) is 7.17. The number of aromatic nitrogens is 2. The van der Waals surface area contributed by atoms with Gasteiger partial charge in [0, 0.05) is 11.3 Å². The Morgan fingerprint density at radius 3 is 2.40 bits per heavy atom. The Kier molecular flexibility index (Phi) is 1.85. The van der Waals surface area contributed by atoms with Crippen molar-refractivity contribution in [1.29, 1.82) is 0 Å². The van der Waals surface area contributed by atoms with Crippen molar-refractivity contribution in [2.75, 3.05) is 0 Å². The van der Waals surface area contributed by atoms with Crippen LogP contribution in [0.4, 0.5) is 0 Å². The van der Waals surface area contributed by atoms with Gasteiger partial charge in [0.15, 0.2) is 0 Å². The van der Waals surface area contributed by atoms with E-state index in [4.69, 9.17) is 12.2 Å². The summed E-state index contributed by atoms with van der Waals surface area (Å²) in [5.41, 5.74) is 2.18. The lowest BCUT2D eigenvalue weighted by molar-refractivity contribution is 0.974. The molecule has 0 spiro atoms. The molecule has 2 nitrogen and oxygen atoms in total. The molecular weight excluding hydrogens is 144 g/mol. The predicted octanol–water partition coefficient (Wildman–Crippen LogP) is 2.06. The van der Waals surface area contributed by atoms with Crippen LogP contribution in [-0.4, -0.2) is 9.97 Å². The minimum atomic E-state index is 0.703. The molecule has 0 saturated heterocycles. The number of nitrogens with one attached hydrogen (secondary N) is 1. The molecule has 1 rings (SSSR count). The Morgan fingerprint density at radius 1 is 1.30 bits per heavy atom. The van der Waals surface area contributed by atoms with E-state index < -0.39 is 0 Å².